The molecular formula is C17H26N2O2. The van der Waals surface area contributed by atoms with Crippen molar-refractivity contribution in [3.05, 3.63) is 35.4 Å². The first-order chi connectivity index (χ1) is 10.1. The van der Waals surface area contributed by atoms with Gasteiger partial charge in [-0.1, -0.05) is 24.3 Å². The molecule has 1 saturated heterocycles. The standard InChI is InChI=1S/C17H26N2O2/c1-4-21-17(20)19-11-9-15(10-12-19)18-14(3)16-8-6-5-7-13(16)2/h5-8,14-15,18H,4,9-12H2,1-3H3/t14-/m1/s1. The molecule has 1 aromatic rings. The van der Waals surface area contributed by atoms with Crippen molar-refractivity contribution in [1.29, 1.82) is 0 Å². The summed E-state index contributed by atoms with van der Waals surface area (Å²) < 4.78 is 5.05. The van der Waals surface area contributed by atoms with Gasteiger partial charge in [0.15, 0.2) is 0 Å². The summed E-state index contributed by atoms with van der Waals surface area (Å²) in [6, 6.07) is 9.29. The van der Waals surface area contributed by atoms with Crippen LogP contribution in [0.4, 0.5) is 4.79 Å². The molecule has 1 N–H and O–H groups in total. The minimum absolute atomic E-state index is 0.178. The molecule has 1 heterocycles. The van der Waals surface area contributed by atoms with Crippen LogP contribution in [-0.4, -0.2) is 36.7 Å². The molecule has 0 saturated carbocycles. The number of rotatable bonds is 4. The van der Waals surface area contributed by atoms with Crippen molar-refractivity contribution in [2.24, 2.45) is 0 Å². The molecule has 21 heavy (non-hydrogen) atoms. The molecule has 1 fully saturated rings. The third-order valence-corrected chi connectivity index (χ3v) is 4.16. The van der Waals surface area contributed by atoms with Crippen LogP contribution in [0, 0.1) is 6.92 Å². The van der Waals surface area contributed by atoms with E-state index in [1.807, 2.05) is 6.92 Å². The van der Waals surface area contributed by atoms with E-state index in [1.165, 1.54) is 11.1 Å². The quantitative estimate of drug-likeness (QED) is 0.925. The largest absolute Gasteiger partial charge is 0.450 e. The van der Waals surface area contributed by atoms with Gasteiger partial charge in [0.2, 0.25) is 0 Å². The van der Waals surface area contributed by atoms with Gasteiger partial charge in [0.05, 0.1) is 6.61 Å². The van der Waals surface area contributed by atoms with Gasteiger partial charge in [0, 0.05) is 25.2 Å². The number of nitrogens with one attached hydrogen (secondary N) is 1. The summed E-state index contributed by atoms with van der Waals surface area (Å²) in [6.07, 6.45) is 1.78. The molecule has 4 heteroatoms. The van der Waals surface area contributed by atoms with Crippen LogP contribution < -0.4 is 5.32 Å². The first-order valence-corrected chi connectivity index (χ1v) is 7.85. The molecule has 0 radical (unpaired) electrons. The zero-order valence-corrected chi connectivity index (χ0v) is 13.3. The lowest BCUT2D eigenvalue weighted by atomic mass is 9.99. The van der Waals surface area contributed by atoms with Crippen molar-refractivity contribution < 1.29 is 9.53 Å². The summed E-state index contributed by atoms with van der Waals surface area (Å²) in [5.74, 6) is 0. The van der Waals surface area contributed by atoms with Gasteiger partial charge in [0.1, 0.15) is 0 Å². The lowest BCUT2D eigenvalue weighted by Gasteiger charge is -2.33. The van der Waals surface area contributed by atoms with Gasteiger partial charge in [-0.05, 0) is 44.7 Å². The van der Waals surface area contributed by atoms with Crippen molar-refractivity contribution in [3.63, 3.8) is 0 Å². The number of benzene rings is 1. The molecule has 1 aliphatic heterocycles. The number of amides is 1. The summed E-state index contributed by atoms with van der Waals surface area (Å²) in [7, 11) is 0. The maximum atomic E-state index is 11.7. The van der Waals surface area contributed by atoms with Crippen LogP contribution in [0.1, 0.15) is 43.9 Å². The van der Waals surface area contributed by atoms with Crippen LogP contribution in [0.25, 0.3) is 0 Å². The zero-order chi connectivity index (χ0) is 15.2. The molecule has 1 atom stereocenters. The number of nitrogens with zero attached hydrogens (tertiary/aromatic N) is 1. The number of carbonyl (C=O) groups is 1. The zero-order valence-electron chi connectivity index (χ0n) is 13.3. The van der Waals surface area contributed by atoms with Gasteiger partial charge >= 0.3 is 6.09 Å². The Morgan fingerprint density at radius 2 is 2.05 bits per heavy atom. The van der Waals surface area contributed by atoms with Crippen LogP contribution in [0.3, 0.4) is 0 Å². The SMILES string of the molecule is CCOC(=O)N1CCC(N[C@H](C)c2ccccc2C)CC1. The van der Waals surface area contributed by atoms with E-state index in [-0.39, 0.29) is 6.09 Å². The highest BCUT2D eigenvalue weighted by Crippen LogP contribution is 2.20. The summed E-state index contributed by atoms with van der Waals surface area (Å²) in [6.45, 7) is 8.20. The highest BCUT2D eigenvalue weighted by atomic mass is 16.6. The van der Waals surface area contributed by atoms with Crippen LogP contribution in [0.15, 0.2) is 24.3 Å². The predicted octanol–water partition coefficient (Wildman–Crippen LogP) is 3.27. The second-order valence-corrected chi connectivity index (χ2v) is 5.71. The van der Waals surface area contributed by atoms with Crippen LogP contribution in [0.5, 0.6) is 0 Å². The highest BCUT2D eigenvalue weighted by molar-refractivity contribution is 5.67. The number of hydrogen-bond acceptors (Lipinski definition) is 3. The number of carbonyl (C=O) groups excluding carboxylic acids is 1. The fraction of sp³-hybridized carbons (Fsp3) is 0.588. The van der Waals surface area contributed by atoms with Crippen molar-refractivity contribution in [2.45, 2.75) is 45.7 Å². The summed E-state index contributed by atoms with van der Waals surface area (Å²) in [4.78, 5) is 13.5. The van der Waals surface area contributed by atoms with Crippen molar-refractivity contribution in [3.8, 4) is 0 Å². The molecule has 2 rings (SSSR count). The van der Waals surface area contributed by atoms with Gasteiger partial charge < -0.3 is 15.0 Å². The molecule has 0 aromatic heterocycles. The molecule has 1 aliphatic rings. The normalized spacial score (nSPS) is 17.6. The number of piperidine rings is 1. The van der Waals surface area contributed by atoms with E-state index in [2.05, 4.69) is 43.4 Å². The van der Waals surface area contributed by atoms with Gasteiger partial charge in [0.25, 0.3) is 0 Å². The third kappa shape index (κ3) is 4.21. The van der Waals surface area contributed by atoms with Crippen molar-refractivity contribution in [2.75, 3.05) is 19.7 Å². The molecule has 116 valence electrons. The molecule has 4 nitrogen and oxygen atoms in total. The van der Waals surface area contributed by atoms with E-state index in [9.17, 15) is 4.79 Å². The molecule has 1 amide bonds. The first-order valence-electron chi connectivity index (χ1n) is 7.85. The smallest absolute Gasteiger partial charge is 0.409 e. The Bertz CT molecular complexity index is 468. The van der Waals surface area contributed by atoms with Gasteiger partial charge in [-0.15, -0.1) is 0 Å². The average molecular weight is 290 g/mol. The molecule has 1 aromatic carbocycles. The fourth-order valence-electron chi connectivity index (χ4n) is 2.96. The summed E-state index contributed by atoms with van der Waals surface area (Å²) in [5.41, 5.74) is 2.67. The topological polar surface area (TPSA) is 41.6 Å². The summed E-state index contributed by atoms with van der Waals surface area (Å²) in [5, 5.41) is 3.69. The van der Waals surface area contributed by atoms with Crippen LogP contribution >= 0.6 is 0 Å². The maximum absolute atomic E-state index is 11.7. The molecular weight excluding hydrogens is 264 g/mol. The Labute approximate surface area is 127 Å². The third-order valence-electron chi connectivity index (χ3n) is 4.16. The maximum Gasteiger partial charge on any atom is 0.409 e. The van der Waals surface area contributed by atoms with Crippen molar-refractivity contribution in [1.82, 2.24) is 10.2 Å². The van der Waals surface area contributed by atoms with Crippen LogP contribution in [-0.2, 0) is 4.74 Å². The number of likely N-dealkylation sites (tertiary alicyclic amines) is 1. The highest BCUT2D eigenvalue weighted by Gasteiger charge is 2.24. The molecule has 0 aliphatic carbocycles. The molecule has 0 bridgehead atoms. The molecule has 0 spiro atoms. The number of hydrogen-bond donors (Lipinski definition) is 1. The van der Waals surface area contributed by atoms with Gasteiger partial charge in [-0.3, -0.25) is 0 Å². The second kappa shape index (κ2) is 7.46. The Balaban J connectivity index is 1.83. The number of aryl methyl sites for hydroxylation is 1. The van der Waals surface area contributed by atoms with E-state index < -0.39 is 0 Å². The average Bonchev–Trinajstić information content (AvgIpc) is 2.48. The lowest BCUT2D eigenvalue weighted by Crippen LogP contribution is -2.45. The Hall–Kier alpha value is -1.55. The van der Waals surface area contributed by atoms with E-state index >= 15 is 0 Å². The second-order valence-electron chi connectivity index (χ2n) is 5.71. The van der Waals surface area contributed by atoms with Crippen molar-refractivity contribution >= 4 is 6.09 Å². The minimum Gasteiger partial charge on any atom is -0.450 e. The summed E-state index contributed by atoms with van der Waals surface area (Å²) >= 11 is 0. The van der Waals surface area contributed by atoms with E-state index in [0.717, 1.165) is 25.9 Å². The van der Waals surface area contributed by atoms with Crippen LogP contribution in [0.2, 0.25) is 0 Å². The van der Waals surface area contributed by atoms with E-state index in [4.69, 9.17) is 4.74 Å². The molecule has 0 unspecified atom stereocenters. The van der Waals surface area contributed by atoms with Gasteiger partial charge in [-0.2, -0.15) is 0 Å². The first kappa shape index (κ1) is 15.8. The Morgan fingerprint density at radius 3 is 2.67 bits per heavy atom. The van der Waals surface area contributed by atoms with E-state index in [0.29, 0.717) is 18.7 Å². The minimum atomic E-state index is -0.178. The number of ether oxygens (including phenoxy) is 1. The Morgan fingerprint density at radius 1 is 1.38 bits per heavy atom. The monoisotopic (exact) mass is 290 g/mol. The van der Waals surface area contributed by atoms with E-state index in [1.54, 1.807) is 4.90 Å². The predicted molar refractivity (Wildman–Crippen MR) is 84.3 cm³/mol. The lowest BCUT2D eigenvalue weighted by molar-refractivity contribution is 0.0943. The fourth-order valence-corrected chi connectivity index (χ4v) is 2.96. The van der Waals surface area contributed by atoms with Gasteiger partial charge in [-0.25, -0.2) is 4.79 Å². The Kier molecular flexibility index (Phi) is 5.62.